The number of benzene rings is 1. The van der Waals surface area contributed by atoms with Crippen molar-refractivity contribution in [1.29, 1.82) is 0 Å². The van der Waals surface area contributed by atoms with Gasteiger partial charge in [-0.2, -0.15) is 5.10 Å². The van der Waals surface area contributed by atoms with Gasteiger partial charge in [-0.25, -0.2) is 17.8 Å². The molecule has 0 radical (unpaired) electrons. The molecule has 1 amide bonds. The van der Waals surface area contributed by atoms with Gasteiger partial charge in [0.25, 0.3) is 5.91 Å². The van der Waals surface area contributed by atoms with E-state index in [0.717, 1.165) is 54.4 Å². The van der Waals surface area contributed by atoms with Crippen molar-refractivity contribution in [3.63, 3.8) is 0 Å². The molecule has 0 bridgehead atoms. The molecular formula is C16H19N3O3S. The Labute approximate surface area is 135 Å². The lowest BCUT2D eigenvalue weighted by molar-refractivity contribution is 0.0975. The number of hydrogen-bond acceptors (Lipinski definition) is 4. The maximum atomic E-state index is 12.3. The van der Waals surface area contributed by atoms with Crippen LogP contribution < -0.4 is 4.72 Å². The maximum Gasteiger partial charge on any atom is 0.285 e. The number of amides is 1. The van der Waals surface area contributed by atoms with Crippen molar-refractivity contribution < 1.29 is 13.2 Å². The Bertz CT molecular complexity index is 851. The highest BCUT2D eigenvalue weighted by Crippen LogP contribution is 2.27. The molecule has 6 nitrogen and oxygen atoms in total. The summed E-state index contributed by atoms with van der Waals surface area (Å²) in [4.78, 5) is 12.3. The minimum Gasteiger partial charge on any atom is -0.266 e. The van der Waals surface area contributed by atoms with Gasteiger partial charge in [0.1, 0.15) is 0 Å². The van der Waals surface area contributed by atoms with Gasteiger partial charge in [0.05, 0.1) is 11.9 Å². The van der Waals surface area contributed by atoms with Crippen LogP contribution in [0.2, 0.25) is 0 Å². The first-order valence-electron chi connectivity index (χ1n) is 7.55. The van der Waals surface area contributed by atoms with E-state index in [1.54, 1.807) is 4.68 Å². The Morgan fingerprint density at radius 2 is 1.83 bits per heavy atom. The fourth-order valence-electron chi connectivity index (χ4n) is 2.90. The summed E-state index contributed by atoms with van der Waals surface area (Å²) in [5.41, 5.74) is 4.10. The van der Waals surface area contributed by atoms with E-state index >= 15 is 0 Å². The Morgan fingerprint density at radius 1 is 1.17 bits per heavy atom. The Kier molecular flexibility index (Phi) is 3.97. The monoisotopic (exact) mass is 333 g/mol. The summed E-state index contributed by atoms with van der Waals surface area (Å²) >= 11 is 0. The summed E-state index contributed by atoms with van der Waals surface area (Å²) in [7, 11) is -3.61. The second kappa shape index (κ2) is 5.81. The molecule has 0 spiro atoms. The van der Waals surface area contributed by atoms with Gasteiger partial charge in [0, 0.05) is 11.3 Å². The van der Waals surface area contributed by atoms with Crippen molar-refractivity contribution in [2.45, 2.75) is 32.6 Å². The molecular weight excluding hydrogens is 314 g/mol. The molecule has 122 valence electrons. The highest BCUT2D eigenvalue weighted by atomic mass is 32.2. The first-order valence-corrected chi connectivity index (χ1v) is 9.44. The Balaban J connectivity index is 2.08. The van der Waals surface area contributed by atoms with Crippen LogP contribution in [0, 0.1) is 6.92 Å². The zero-order valence-corrected chi connectivity index (χ0v) is 14.0. The number of fused-ring (bicyclic) bond motifs is 1. The number of aryl methyl sites for hydroxylation is 1. The first-order chi connectivity index (χ1) is 10.8. The van der Waals surface area contributed by atoms with Gasteiger partial charge in [0.2, 0.25) is 10.0 Å². The van der Waals surface area contributed by atoms with E-state index in [-0.39, 0.29) is 5.69 Å². The first kappa shape index (κ1) is 15.7. The number of sulfonamides is 1. The third-order valence-electron chi connectivity index (χ3n) is 3.95. The van der Waals surface area contributed by atoms with Gasteiger partial charge in [0.15, 0.2) is 5.69 Å². The normalized spacial score (nSPS) is 14.3. The number of carbonyl (C=O) groups excluding carboxylic acids is 1. The number of aromatic nitrogens is 2. The second-order valence-electron chi connectivity index (χ2n) is 5.93. The fraction of sp³-hybridized carbons (Fsp3) is 0.375. The number of rotatable bonds is 3. The van der Waals surface area contributed by atoms with E-state index in [9.17, 15) is 13.2 Å². The third-order valence-corrected chi connectivity index (χ3v) is 4.51. The molecule has 0 fully saturated rings. The van der Waals surface area contributed by atoms with Gasteiger partial charge in [-0.1, -0.05) is 17.7 Å². The number of carbonyl (C=O) groups is 1. The quantitative estimate of drug-likeness (QED) is 0.928. The zero-order chi connectivity index (χ0) is 16.6. The Hall–Kier alpha value is -2.15. The predicted molar refractivity (Wildman–Crippen MR) is 87.3 cm³/mol. The van der Waals surface area contributed by atoms with Crippen LogP contribution in [0.5, 0.6) is 0 Å². The minimum absolute atomic E-state index is 0.214. The lowest BCUT2D eigenvalue weighted by Gasteiger charge is -2.14. The van der Waals surface area contributed by atoms with E-state index < -0.39 is 15.9 Å². The van der Waals surface area contributed by atoms with Crippen molar-refractivity contribution in [3.05, 3.63) is 46.8 Å². The van der Waals surface area contributed by atoms with Crippen LogP contribution >= 0.6 is 0 Å². The summed E-state index contributed by atoms with van der Waals surface area (Å²) in [6, 6.07) is 7.88. The average Bonchev–Trinajstić information content (AvgIpc) is 2.86. The molecule has 0 saturated carbocycles. The van der Waals surface area contributed by atoms with Crippen molar-refractivity contribution >= 4 is 15.9 Å². The van der Waals surface area contributed by atoms with Crippen molar-refractivity contribution in [3.8, 4) is 5.69 Å². The highest BCUT2D eigenvalue weighted by Gasteiger charge is 2.26. The molecule has 1 aliphatic carbocycles. The summed E-state index contributed by atoms with van der Waals surface area (Å²) < 4.78 is 26.4. The SMILES string of the molecule is Cc1ccc(-n2nc(C(=O)NS(C)(=O)=O)c3c2CCCC3)cc1. The van der Waals surface area contributed by atoms with Crippen molar-refractivity contribution in [2.24, 2.45) is 0 Å². The smallest absolute Gasteiger partial charge is 0.266 e. The summed E-state index contributed by atoms with van der Waals surface area (Å²) in [5, 5.41) is 4.42. The van der Waals surface area contributed by atoms with E-state index in [1.165, 1.54) is 0 Å². The molecule has 0 aliphatic heterocycles. The Morgan fingerprint density at radius 3 is 2.48 bits per heavy atom. The van der Waals surface area contributed by atoms with E-state index in [4.69, 9.17) is 0 Å². The molecule has 1 aromatic carbocycles. The van der Waals surface area contributed by atoms with Crippen LogP contribution in [0.3, 0.4) is 0 Å². The number of hydrogen-bond donors (Lipinski definition) is 1. The topological polar surface area (TPSA) is 81.1 Å². The maximum absolute atomic E-state index is 12.3. The lowest BCUT2D eigenvalue weighted by Crippen LogP contribution is -2.30. The zero-order valence-electron chi connectivity index (χ0n) is 13.2. The third kappa shape index (κ3) is 3.29. The van der Waals surface area contributed by atoms with Crippen LogP contribution in [0.25, 0.3) is 5.69 Å². The molecule has 23 heavy (non-hydrogen) atoms. The summed E-state index contributed by atoms with van der Waals surface area (Å²) in [6.07, 6.45) is 4.56. The van der Waals surface area contributed by atoms with Crippen molar-refractivity contribution in [1.82, 2.24) is 14.5 Å². The molecule has 7 heteroatoms. The lowest BCUT2D eigenvalue weighted by atomic mass is 9.95. The summed E-state index contributed by atoms with van der Waals surface area (Å²) in [5.74, 6) is -0.656. The molecule has 1 aromatic heterocycles. The molecule has 0 atom stereocenters. The molecule has 0 saturated heterocycles. The molecule has 1 N–H and O–H groups in total. The van der Waals surface area contributed by atoms with Crippen LogP contribution in [0.1, 0.15) is 40.2 Å². The van der Waals surface area contributed by atoms with Crippen LogP contribution in [-0.2, 0) is 22.9 Å². The van der Waals surface area contributed by atoms with E-state index in [1.807, 2.05) is 35.9 Å². The molecule has 3 rings (SSSR count). The van der Waals surface area contributed by atoms with Crippen LogP contribution in [-0.4, -0.2) is 30.4 Å². The largest absolute Gasteiger partial charge is 0.285 e. The fourth-order valence-corrected chi connectivity index (χ4v) is 3.33. The average molecular weight is 333 g/mol. The number of nitrogens with zero attached hydrogens (tertiary/aromatic N) is 2. The molecule has 2 aromatic rings. The van der Waals surface area contributed by atoms with Crippen molar-refractivity contribution in [2.75, 3.05) is 6.26 Å². The molecule has 0 unspecified atom stereocenters. The van der Waals surface area contributed by atoms with Crippen LogP contribution in [0.4, 0.5) is 0 Å². The predicted octanol–water partition coefficient (Wildman–Crippen LogP) is 1.75. The van der Waals surface area contributed by atoms with Gasteiger partial charge < -0.3 is 0 Å². The number of nitrogens with one attached hydrogen (secondary N) is 1. The van der Waals surface area contributed by atoms with E-state index in [0.29, 0.717) is 0 Å². The molecule has 1 aliphatic rings. The van der Waals surface area contributed by atoms with Gasteiger partial charge >= 0.3 is 0 Å². The second-order valence-corrected chi connectivity index (χ2v) is 7.68. The highest BCUT2D eigenvalue weighted by molar-refractivity contribution is 7.89. The van der Waals surface area contributed by atoms with Crippen LogP contribution in [0.15, 0.2) is 24.3 Å². The van der Waals surface area contributed by atoms with Gasteiger partial charge in [-0.05, 0) is 44.7 Å². The molecule has 1 heterocycles. The summed E-state index contributed by atoms with van der Waals surface area (Å²) in [6.45, 7) is 2.01. The van der Waals surface area contributed by atoms with Gasteiger partial charge in [-0.15, -0.1) is 0 Å². The minimum atomic E-state index is -3.61. The van der Waals surface area contributed by atoms with Gasteiger partial charge in [-0.3, -0.25) is 4.79 Å². The van der Waals surface area contributed by atoms with E-state index in [2.05, 4.69) is 5.10 Å². The standard InChI is InChI=1S/C16H19N3O3S/c1-11-7-9-12(10-8-11)19-14-6-4-3-5-13(14)15(17-19)16(20)18-23(2,21)22/h7-10H,3-6H2,1-2H3,(H,18,20).